The number of ether oxygens (including phenoxy) is 2. The quantitative estimate of drug-likeness (QED) is 0.204. The van der Waals surface area contributed by atoms with E-state index in [1.807, 2.05) is 0 Å². The molecule has 0 bridgehead atoms. The molecule has 3 heteroatoms. The zero-order chi connectivity index (χ0) is 27.0. The fourth-order valence-electron chi connectivity index (χ4n) is 9.89. The minimum absolute atomic E-state index is 0.0412. The molecule has 3 nitrogen and oxygen atoms in total. The van der Waals surface area contributed by atoms with E-state index in [-0.39, 0.29) is 11.7 Å². The van der Waals surface area contributed by atoms with E-state index < -0.39 is 5.60 Å². The van der Waals surface area contributed by atoms with Gasteiger partial charge in [-0.3, -0.25) is 0 Å². The molecule has 5 rings (SSSR count). The van der Waals surface area contributed by atoms with E-state index in [9.17, 15) is 5.11 Å². The molecular weight excluding hydrogens is 468 g/mol. The lowest BCUT2D eigenvalue weighted by molar-refractivity contribution is -0.164. The number of allylic oxidation sites excluding steroid dienone is 1. The minimum atomic E-state index is -0.767. The molecule has 0 amide bonds. The Morgan fingerprint density at radius 3 is 2.61 bits per heavy atom. The molecule has 216 valence electrons. The highest BCUT2D eigenvalue weighted by Crippen LogP contribution is 2.72. The van der Waals surface area contributed by atoms with Gasteiger partial charge in [-0.05, 0) is 118 Å². The van der Waals surface area contributed by atoms with Gasteiger partial charge in [-0.1, -0.05) is 70.8 Å². The van der Waals surface area contributed by atoms with Crippen LogP contribution in [0.25, 0.3) is 0 Å². The van der Waals surface area contributed by atoms with E-state index in [4.69, 9.17) is 9.47 Å². The molecule has 4 saturated carbocycles. The van der Waals surface area contributed by atoms with Crippen molar-refractivity contribution in [3.63, 3.8) is 0 Å². The Bertz CT molecular complexity index is 855. The van der Waals surface area contributed by atoms with Crippen molar-refractivity contribution in [2.45, 2.75) is 142 Å². The van der Waals surface area contributed by atoms with Gasteiger partial charge in [0.25, 0.3) is 0 Å². The average molecular weight is 527 g/mol. The van der Waals surface area contributed by atoms with Crippen LogP contribution in [0.1, 0.15) is 130 Å². The molecule has 0 radical (unpaired) electrons. The molecule has 0 spiro atoms. The van der Waals surface area contributed by atoms with E-state index >= 15 is 0 Å². The fraction of sp³-hybridized carbons (Fsp3) is 0.886. The second-order valence-electron chi connectivity index (χ2n) is 14.8. The molecule has 8 atom stereocenters. The standard InChI is InChI=1S/C35H58O3/c1-25(2)11-8-12-26(3)30-17-18-31-28(13-9-19-33(30,31)5)23-34(36,35-24-29(35)16-15-27(35)4)20-10-22-38-32-14-6-7-21-37-32/h23,25-26,29-32,36H,4,6-22,24H2,1-3,5H3/b28-23+/t26-,29?,30-,31+,32?,33-,34+,35?/m1/s1. The van der Waals surface area contributed by atoms with E-state index in [1.54, 1.807) is 5.57 Å². The summed E-state index contributed by atoms with van der Waals surface area (Å²) in [5, 5.41) is 12.6. The van der Waals surface area contributed by atoms with Crippen LogP contribution in [0.5, 0.6) is 0 Å². The van der Waals surface area contributed by atoms with Crippen LogP contribution < -0.4 is 0 Å². The lowest BCUT2D eigenvalue weighted by Crippen LogP contribution is -2.42. The highest BCUT2D eigenvalue weighted by atomic mass is 16.7. The molecule has 0 aromatic heterocycles. The van der Waals surface area contributed by atoms with Crippen molar-refractivity contribution in [3.05, 3.63) is 23.8 Å². The number of rotatable bonds is 12. The smallest absolute Gasteiger partial charge is 0.157 e. The summed E-state index contributed by atoms with van der Waals surface area (Å²) in [6.07, 6.45) is 21.5. The Balaban J connectivity index is 1.30. The summed E-state index contributed by atoms with van der Waals surface area (Å²) in [7, 11) is 0. The van der Waals surface area contributed by atoms with E-state index in [1.165, 1.54) is 69.8 Å². The van der Waals surface area contributed by atoms with Crippen molar-refractivity contribution in [1.29, 1.82) is 0 Å². The van der Waals surface area contributed by atoms with Crippen molar-refractivity contribution in [2.75, 3.05) is 13.2 Å². The van der Waals surface area contributed by atoms with E-state index in [0.717, 1.165) is 62.9 Å². The first kappa shape index (κ1) is 28.9. The fourth-order valence-corrected chi connectivity index (χ4v) is 9.89. The molecule has 5 aliphatic rings. The highest BCUT2D eigenvalue weighted by molar-refractivity contribution is 5.39. The molecular formula is C35H58O3. The van der Waals surface area contributed by atoms with Crippen molar-refractivity contribution in [1.82, 2.24) is 0 Å². The van der Waals surface area contributed by atoms with Gasteiger partial charge in [0.2, 0.25) is 0 Å². The Labute approximate surface area is 234 Å². The highest BCUT2D eigenvalue weighted by Gasteiger charge is 2.69. The Morgan fingerprint density at radius 1 is 1.08 bits per heavy atom. The lowest BCUT2D eigenvalue weighted by atomic mass is 9.60. The molecule has 1 heterocycles. The summed E-state index contributed by atoms with van der Waals surface area (Å²) in [5.74, 6) is 3.73. The molecule has 1 aliphatic heterocycles. The van der Waals surface area contributed by atoms with Crippen molar-refractivity contribution < 1.29 is 14.6 Å². The Hall–Kier alpha value is -0.640. The van der Waals surface area contributed by atoms with Gasteiger partial charge in [-0.2, -0.15) is 0 Å². The first-order chi connectivity index (χ1) is 18.2. The second-order valence-corrected chi connectivity index (χ2v) is 14.8. The van der Waals surface area contributed by atoms with Gasteiger partial charge in [-0.25, -0.2) is 0 Å². The van der Waals surface area contributed by atoms with Gasteiger partial charge < -0.3 is 14.6 Å². The van der Waals surface area contributed by atoms with Crippen LogP contribution in [0.4, 0.5) is 0 Å². The largest absolute Gasteiger partial charge is 0.385 e. The number of hydrogen-bond donors (Lipinski definition) is 1. The SMILES string of the molecule is C=C1CCC2CC12[C@@](O)(/C=C1\CCC[C@]2(C)[C@@H]([C@H](C)CCCC(C)C)CC[C@@H]12)CCCOC1CCCCO1. The van der Waals surface area contributed by atoms with E-state index in [2.05, 4.69) is 40.3 Å². The predicted octanol–water partition coefficient (Wildman–Crippen LogP) is 9.00. The van der Waals surface area contributed by atoms with Crippen LogP contribution in [0.2, 0.25) is 0 Å². The third-order valence-electron chi connectivity index (χ3n) is 12.0. The van der Waals surface area contributed by atoms with Gasteiger partial charge in [0.05, 0.1) is 5.60 Å². The molecule has 3 unspecified atom stereocenters. The summed E-state index contributed by atoms with van der Waals surface area (Å²) >= 11 is 0. The van der Waals surface area contributed by atoms with Crippen LogP contribution in [0, 0.1) is 40.4 Å². The molecule has 1 N–H and O–H groups in total. The molecule has 0 aromatic rings. The van der Waals surface area contributed by atoms with Crippen LogP contribution in [-0.4, -0.2) is 30.2 Å². The molecule has 1 saturated heterocycles. The summed E-state index contributed by atoms with van der Waals surface area (Å²) in [6, 6.07) is 0. The topological polar surface area (TPSA) is 38.7 Å². The zero-order valence-electron chi connectivity index (χ0n) is 25.2. The summed E-state index contributed by atoms with van der Waals surface area (Å²) in [5.41, 5.74) is 2.47. The van der Waals surface area contributed by atoms with Crippen molar-refractivity contribution >= 4 is 0 Å². The van der Waals surface area contributed by atoms with Gasteiger partial charge in [-0.15, -0.1) is 0 Å². The number of fused-ring (bicyclic) bond motifs is 2. The summed E-state index contributed by atoms with van der Waals surface area (Å²) in [6.45, 7) is 15.9. The van der Waals surface area contributed by atoms with Crippen LogP contribution in [-0.2, 0) is 9.47 Å². The molecule has 38 heavy (non-hydrogen) atoms. The minimum Gasteiger partial charge on any atom is -0.385 e. The average Bonchev–Trinajstić information content (AvgIpc) is 3.41. The first-order valence-corrected chi connectivity index (χ1v) is 16.5. The van der Waals surface area contributed by atoms with Gasteiger partial charge in [0.15, 0.2) is 6.29 Å². The third-order valence-corrected chi connectivity index (χ3v) is 12.0. The van der Waals surface area contributed by atoms with Crippen LogP contribution in [0.15, 0.2) is 23.8 Å². The number of aliphatic hydroxyl groups is 1. The van der Waals surface area contributed by atoms with Crippen LogP contribution >= 0.6 is 0 Å². The first-order valence-electron chi connectivity index (χ1n) is 16.5. The summed E-state index contributed by atoms with van der Waals surface area (Å²) in [4.78, 5) is 0. The Morgan fingerprint density at radius 2 is 1.92 bits per heavy atom. The summed E-state index contributed by atoms with van der Waals surface area (Å²) < 4.78 is 11.9. The van der Waals surface area contributed by atoms with Gasteiger partial charge >= 0.3 is 0 Å². The van der Waals surface area contributed by atoms with E-state index in [0.29, 0.717) is 23.9 Å². The number of hydrogen-bond acceptors (Lipinski definition) is 3. The molecule has 4 aliphatic carbocycles. The maximum absolute atomic E-state index is 12.6. The normalized spacial score (nSPS) is 40.3. The van der Waals surface area contributed by atoms with Crippen molar-refractivity contribution in [3.8, 4) is 0 Å². The monoisotopic (exact) mass is 526 g/mol. The Kier molecular flexibility index (Phi) is 8.88. The lowest BCUT2D eigenvalue weighted by Gasteiger charge is -2.46. The zero-order valence-corrected chi connectivity index (χ0v) is 25.2. The molecule has 0 aromatic carbocycles. The van der Waals surface area contributed by atoms with Crippen LogP contribution in [0.3, 0.4) is 0 Å². The maximum atomic E-state index is 12.6. The van der Waals surface area contributed by atoms with Gasteiger partial charge in [0.1, 0.15) is 0 Å². The third kappa shape index (κ3) is 5.47. The van der Waals surface area contributed by atoms with Gasteiger partial charge in [0, 0.05) is 18.6 Å². The predicted molar refractivity (Wildman–Crippen MR) is 157 cm³/mol. The maximum Gasteiger partial charge on any atom is 0.157 e. The van der Waals surface area contributed by atoms with Crippen molar-refractivity contribution in [2.24, 2.45) is 40.4 Å². The second kappa shape index (κ2) is 11.7. The molecule has 5 fully saturated rings.